The van der Waals surface area contributed by atoms with Crippen molar-refractivity contribution < 1.29 is 21.6 Å². The zero-order valence-corrected chi connectivity index (χ0v) is 18.3. The summed E-state index contributed by atoms with van der Waals surface area (Å²) in [4.78, 5) is 17.2. The molecule has 0 atom stereocenters. The van der Waals surface area contributed by atoms with E-state index in [1.54, 1.807) is 6.92 Å². The van der Waals surface area contributed by atoms with Gasteiger partial charge in [0.1, 0.15) is 4.90 Å². The summed E-state index contributed by atoms with van der Waals surface area (Å²) in [7, 11) is -4.22. The van der Waals surface area contributed by atoms with Crippen LogP contribution in [0.5, 0.6) is 0 Å². The van der Waals surface area contributed by atoms with E-state index in [1.807, 2.05) is 4.90 Å². The van der Waals surface area contributed by atoms with Gasteiger partial charge in [0.25, 0.3) is 5.56 Å². The van der Waals surface area contributed by atoms with Gasteiger partial charge >= 0.3 is 6.18 Å². The Labute approximate surface area is 183 Å². The second kappa shape index (κ2) is 7.73. The van der Waals surface area contributed by atoms with Crippen LogP contribution in [0.2, 0.25) is 5.02 Å². The van der Waals surface area contributed by atoms with E-state index >= 15 is 0 Å². The molecule has 0 bridgehead atoms. The molecule has 0 spiro atoms. The number of aryl methyl sites for hydroxylation is 1. The summed E-state index contributed by atoms with van der Waals surface area (Å²) in [5, 5.41) is 4.72. The lowest BCUT2D eigenvalue weighted by Crippen LogP contribution is -2.48. The third-order valence-electron chi connectivity index (χ3n) is 4.81. The molecular formula is C17H15ClF3N5O3S2. The maximum Gasteiger partial charge on any atom is 0.416 e. The first-order chi connectivity index (χ1) is 14.5. The molecule has 4 rings (SSSR count). The number of alkyl halides is 3. The molecule has 0 unspecified atom stereocenters. The highest BCUT2D eigenvalue weighted by atomic mass is 35.5. The summed E-state index contributed by atoms with van der Waals surface area (Å²) in [5.74, 6) is 0. The number of aromatic nitrogens is 3. The lowest BCUT2D eigenvalue weighted by atomic mass is 10.2. The van der Waals surface area contributed by atoms with Crippen molar-refractivity contribution >= 4 is 43.1 Å². The van der Waals surface area contributed by atoms with Crippen molar-refractivity contribution in [2.24, 2.45) is 0 Å². The van der Waals surface area contributed by atoms with Crippen LogP contribution in [-0.4, -0.2) is 53.5 Å². The molecule has 1 aliphatic rings. The molecule has 166 valence electrons. The molecule has 1 aromatic carbocycles. The Bertz CT molecular complexity index is 1310. The third kappa shape index (κ3) is 4.14. The Morgan fingerprint density at radius 2 is 1.81 bits per heavy atom. The number of piperazine rings is 1. The number of benzene rings is 1. The zero-order chi connectivity index (χ0) is 22.6. The Kier molecular flexibility index (Phi) is 5.48. The molecule has 8 nitrogen and oxygen atoms in total. The van der Waals surface area contributed by atoms with Gasteiger partial charge in [-0.25, -0.2) is 12.9 Å². The predicted molar refractivity (Wildman–Crippen MR) is 109 cm³/mol. The van der Waals surface area contributed by atoms with Crippen LogP contribution in [0.15, 0.2) is 34.0 Å². The number of anilines is 1. The minimum atomic E-state index is -4.69. The van der Waals surface area contributed by atoms with Gasteiger partial charge in [0, 0.05) is 37.9 Å². The minimum absolute atomic E-state index is 0.0364. The van der Waals surface area contributed by atoms with E-state index in [9.17, 15) is 26.4 Å². The molecule has 14 heteroatoms. The average molecular weight is 494 g/mol. The highest BCUT2D eigenvalue weighted by molar-refractivity contribution is 7.89. The van der Waals surface area contributed by atoms with Crippen LogP contribution in [0, 0.1) is 6.92 Å². The smallest absolute Gasteiger partial charge is 0.344 e. The van der Waals surface area contributed by atoms with Crippen LogP contribution in [0.25, 0.3) is 4.96 Å². The number of hydrogen-bond donors (Lipinski definition) is 0. The first kappa shape index (κ1) is 22.0. The van der Waals surface area contributed by atoms with Crippen LogP contribution in [-0.2, 0) is 16.2 Å². The lowest BCUT2D eigenvalue weighted by molar-refractivity contribution is -0.137. The van der Waals surface area contributed by atoms with Gasteiger partial charge in [0.2, 0.25) is 20.1 Å². The molecule has 0 radical (unpaired) electrons. The van der Waals surface area contributed by atoms with Crippen LogP contribution < -0.4 is 10.5 Å². The van der Waals surface area contributed by atoms with E-state index in [0.29, 0.717) is 21.9 Å². The quantitative estimate of drug-likeness (QED) is 0.557. The van der Waals surface area contributed by atoms with Crippen molar-refractivity contribution in [2.75, 3.05) is 31.1 Å². The van der Waals surface area contributed by atoms with Gasteiger partial charge in [-0.15, -0.1) is 5.10 Å². The van der Waals surface area contributed by atoms with Gasteiger partial charge in [0.15, 0.2) is 0 Å². The molecule has 0 saturated carbocycles. The van der Waals surface area contributed by atoms with Crippen molar-refractivity contribution in [3.05, 3.63) is 50.9 Å². The first-order valence-corrected chi connectivity index (χ1v) is 11.6. The lowest BCUT2D eigenvalue weighted by Gasteiger charge is -2.33. The average Bonchev–Trinajstić information content (AvgIpc) is 3.12. The monoisotopic (exact) mass is 493 g/mol. The van der Waals surface area contributed by atoms with Crippen molar-refractivity contribution in [1.82, 2.24) is 18.9 Å². The molecule has 31 heavy (non-hydrogen) atoms. The SMILES string of the molecule is Cc1cc(=O)nc2sc(N3CCN(S(=O)(=O)c4cc(C(F)(F)F)ccc4Cl)CC3)nn12. The fourth-order valence-electron chi connectivity index (χ4n) is 3.20. The fraction of sp³-hybridized carbons (Fsp3) is 0.353. The summed E-state index contributed by atoms with van der Waals surface area (Å²) in [6, 6.07) is 3.60. The standard InChI is InChI=1S/C17H15ClF3N5O3S2/c1-10-8-14(27)22-15-26(10)23-16(30-15)24-4-6-25(7-5-24)31(28,29)13-9-11(17(19,20)21)2-3-12(13)18/h2-3,8-9H,4-7H2,1H3. The van der Waals surface area contributed by atoms with Crippen molar-refractivity contribution in [3.8, 4) is 0 Å². The van der Waals surface area contributed by atoms with Crippen molar-refractivity contribution in [3.63, 3.8) is 0 Å². The number of halogens is 4. The normalized spacial score (nSPS) is 16.2. The molecule has 1 aliphatic heterocycles. The Hall–Kier alpha value is -2.22. The number of sulfonamides is 1. The van der Waals surface area contributed by atoms with Crippen LogP contribution in [0.3, 0.4) is 0 Å². The molecule has 0 aliphatic carbocycles. The van der Waals surface area contributed by atoms with E-state index in [4.69, 9.17) is 11.6 Å². The summed E-state index contributed by atoms with van der Waals surface area (Å²) in [5.41, 5.74) is -0.833. The number of fused-ring (bicyclic) bond motifs is 1. The Balaban J connectivity index is 1.56. The molecule has 1 saturated heterocycles. The second-order valence-corrected chi connectivity index (χ2v) is 10.1. The van der Waals surface area contributed by atoms with Crippen molar-refractivity contribution in [1.29, 1.82) is 0 Å². The zero-order valence-electron chi connectivity index (χ0n) is 15.9. The van der Waals surface area contributed by atoms with Crippen molar-refractivity contribution in [2.45, 2.75) is 18.0 Å². The molecule has 3 aromatic rings. The largest absolute Gasteiger partial charge is 0.416 e. The first-order valence-electron chi connectivity index (χ1n) is 8.96. The predicted octanol–water partition coefficient (Wildman–Crippen LogP) is 2.64. The number of hydrogen-bond acceptors (Lipinski definition) is 7. The fourth-order valence-corrected chi connectivity index (χ4v) is 6.13. The van der Waals surface area contributed by atoms with Gasteiger partial charge in [-0.2, -0.15) is 22.5 Å². The van der Waals surface area contributed by atoms with E-state index < -0.39 is 26.7 Å². The highest BCUT2D eigenvalue weighted by Gasteiger charge is 2.35. The van der Waals surface area contributed by atoms with Crippen LogP contribution in [0.4, 0.5) is 18.3 Å². The number of nitrogens with zero attached hydrogens (tertiary/aromatic N) is 5. The van der Waals surface area contributed by atoms with E-state index in [2.05, 4.69) is 10.1 Å². The Morgan fingerprint density at radius 3 is 2.45 bits per heavy atom. The van der Waals surface area contributed by atoms with E-state index in [-0.39, 0.29) is 36.8 Å². The third-order valence-corrected chi connectivity index (χ3v) is 8.16. The number of rotatable bonds is 3. The van der Waals surface area contributed by atoms with Gasteiger partial charge in [-0.05, 0) is 25.1 Å². The van der Waals surface area contributed by atoms with E-state index in [0.717, 1.165) is 16.4 Å². The maximum absolute atomic E-state index is 13.0. The van der Waals surface area contributed by atoms with Gasteiger partial charge in [-0.1, -0.05) is 22.9 Å². The summed E-state index contributed by atoms with van der Waals surface area (Å²) < 4.78 is 67.6. The topological polar surface area (TPSA) is 87.9 Å². The van der Waals surface area contributed by atoms with Crippen LogP contribution in [0.1, 0.15) is 11.3 Å². The highest BCUT2D eigenvalue weighted by Crippen LogP contribution is 2.35. The Morgan fingerprint density at radius 1 is 1.13 bits per heavy atom. The van der Waals surface area contributed by atoms with Gasteiger partial charge in [-0.3, -0.25) is 4.79 Å². The molecule has 0 amide bonds. The summed E-state index contributed by atoms with van der Waals surface area (Å²) in [6.45, 7) is 2.32. The molecule has 1 fully saturated rings. The molecular weight excluding hydrogens is 479 g/mol. The molecule has 0 N–H and O–H groups in total. The molecule has 2 aromatic heterocycles. The van der Waals surface area contributed by atoms with Gasteiger partial charge < -0.3 is 4.90 Å². The van der Waals surface area contributed by atoms with Crippen LogP contribution >= 0.6 is 22.9 Å². The van der Waals surface area contributed by atoms with E-state index in [1.165, 1.54) is 21.9 Å². The van der Waals surface area contributed by atoms with Gasteiger partial charge in [0.05, 0.1) is 10.6 Å². The maximum atomic E-state index is 13.0. The summed E-state index contributed by atoms with van der Waals surface area (Å²) in [6.07, 6.45) is -4.69. The minimum Gasteiger partial charge on any atom is -0.344 e. The molecule has 3 heterocycles. The summed E-state index contributed by atoms with van der Waals surface area (Å²) >= 11 is 7.12. The second-order valence-electron chi connectivity index (χ2n) is 6.85.